The maximum atomic E-state index is 13.0. The Morgan fingerprint density at radius 2 is 1.84 bits per heavy atom. The van der Waals surface area contributed by atoms with Gasteiger partial charge in [0.2, 0.25) is 0 Å². The Hall–Kier alpha value is -1.73. The van der Waals surface area contributed by atoms with E-state index in [9.17, 15) is 13.2 Å². The van der Waals surface area contributed by atoms with E-state index in [1.165, 1.54) is 6.07 Å². The monoisotopic (exact) mass is 372 g/mol. The van der Waals surface area contributed by atoms with Crippen LogP contribution in [0.1, 0.15) is 12.0 Å². The Morgan fingerprint density at radius 3 is 2.48 bits per heavy atom. The summed E-state index contributed by atoms with van der Waals surface area (Å²) in [5.41, 5.74) is -0.191. The first-order valence-corrected chi connectivity index (χ1v) is 8.61. The molecular weight excluding hydrogens is 353 g/mol. The highest BCUT2D eigenvalue weighted by atomic mass is 35.5. The van der Waals surface area contributed by atoms with Crippen LogP contribution in [0.5, 0.6) is 0 Å². The van der Waals surface area contributed by atoms with Crippen molar-refractivity contribution in [3.05, 3.63) is 47.5 Å². The van der Waals surface area contributed by atoms with Gasteiger partial charge in [-0.1, -0.05) is 11.6 Å². The second kappa shape index (κ2) is 7.66. The van der Waals surface area contributed by atoms with Gasteiger partial charge in [0.25, 0.3) is 0 Å². The molecule has 0 saturated carbocycles. The lowest BCUT2D eigenvalue weighted by molar-refractivity contribution is -0.137. The summed E-state index contributed by atoms with van der Waals surface area (Å²) in [6.07, 6.45) is 2.10. The summed E-state index contributed by atoms with van der Waals surface area (Å²) in [5, 5.41) is -0.255. The molecule has 0 bridgehead atoms. The van der Waals surface area contributed by atoms with Crippen LogP contribution in [0.2, 0.25) is 5.02 Å². The van der Waals surface area contributed by atoms with Crippen molar-refractivity contribution in [2.45, 2.75) is 19.1 Å². The molecule has 3 rings (SSSR count). The molecule has 0 amide bonds. The Morgan fingerprint density at radius 1 is 1.08 bits per heavy atom. The minimum Gasteiger partial charge on any atom is -0.369 e. The fourth-order valence-electron chi connectivity index (χ4n) is 3.05. The highest BCUT2D eigenvalue weighted by Gasteiger charge is 2.34. The Labute approximate surface area is 149 Å². The molecular formula is C17H20ClF3N4. The van der Waals surface area contributed by atoms with Crippen molar-refractivity contribution in [2.75, 3.05) is 37.6 Å². The van der Waals surface area contributed by atoms with E-state index in [1.54, 1.807) is 18.6 Å². The summed E-state index contributed by atoms with van der Waals surface area (Å²) < 4.78 is 41.0. The molecule has 1 aliphatic rings. The SMILES string of the molecule is FC(F)(F)c1cc(N2CCN(CCCn3ccnc3)CC2)ccc1Cl. The van der Waals surface area contributed by atoms with Crippen LogP contribution in [0.3, 0.4) is 0 Å². The molecule has 0 spiro atoms. The van der Waals surface area contributed by atoms with Gasteiger partial charge in [-0.05, 0) is 31.2 Å². The van der Waals surface area contributed by atoms with Crippen molar-refractivity contribution in [3.63, 3.8) is 0 Å². The maximum absolute atomic E-state index is 13.0. The van der Waals surface area contributed by atoms with Crippen molar-refractivity contribution in [1.29, 1.82) is 0 Å². The molecule has 0 N–H and O–H groups in total. The van der Waals surface area contributed by atoms with E-state index >= 15 is 0 Å². The van der Waals surface area contributed by atoms with E-state index in [0.29, 0.717) is 18.8 Å². The van der Waals surface area contributed by atoms with Crippen molar-refractivity contribution in [3.8, 4) is 0 Å². The van der Waals surface area contributed by atoms with Crippen LogP contribution in [0.25, 0.3) is 0 Å². The van der Waals surface area contributed by atoms with Gasteiger partial charge >= 0.3 is 6.18 Å². The minimum atomic E-state index is -4.43. The fraction of sp³-hybridized carbons (Fsp3) is 0.471. The average molecular weight is 373 g/mol. The number of piperazine rings is 1. The highest BCUT2D eigenvalue weighted by Crippen LogP contribution is 2.37. The summed E-state index contributed by atoms with van der Waals surface area (Å²) >= 11 is 5.69. The van der Waals surface area contributed by atoms with Crippen LogP contribution in [-0.2, 0) is 12.7 Å². The van der Waals surface area contributed by atoms with E-state index < -0.39 is 11.7 Å². The van der Waals surface area contributed by atoms with Crippen LogP contribution >= 0.6 is 11.6 Å². The molecule has 0 radical (unpaired) electrons. The Kier molecular flexibility index (Phi) is 5.54. The molecule has 136 valence electrons. The van der Waals surface area contributed by atoms with Gasteiger partial charge in [-0.2, -0.15) is 13.2 Å². The first-order valence-electron chi connectivity index (χ1n) is 8.23. The largest absolute Gasteiger partial charge is 0.417 e. The van der Waals surface area contributed by atoms with Crippen LogP contribution in [0.15, 0.2) is 36.9 Å². The summed E-state index contributed by atoms with van der Waals surface area (Å²) in [6.45, 7) is 5.00. The van der Waals surface area contributed by atoms with Crippen LogP contribution < -0.4 is 4.90 Å². The van der Waals surface area contributed by atoms with Gasteiger partial charge in [0, 0.05) is 50.8 Å². The van der Waals surface area contributed by atoms with Gasteiger partial charge in [0.05, 0.1) is 16.9 Å². The van der Waals surface area contributed by atoms with Crippen molar-refractivity contribution < 1.29 is 13.2 Å². The molecule has 0 atom stereocenters. The molecule has 1 aromatic heterocycles. The fourth-order valence-corrected chi connectivity index (χ4v) is 3.28. The van der Waals surface area contributed by atoms with Crippen LogP contribution in [0.4, 0.5) is 18.9 Å². The van der Waals surface area contributed by atoms with Crippen molar-refractivity contribution >= 4 is 17.3 Å². The number of anilines is 1. The van der Waals surface area contributed by atoms with Gasteiger partial charge < -0.3 is 9.47 Å². The molecule has 0 aliphatic carbocycles. The van der Waals surface area contributed by atoms with Gasteiger partial charge in [0.1, 0.15) is 0 Å². The lowest BCUT2D eigenvalue weighted by atomic mass is 10.1. The predicted molar refractivity (Wildman–Crippen MR) is 92.0 cm³/mol. The van der Waals surface area contributed by atoms with Crippen LogP contribution in [0, 0.1) is 0 Å². The number of hydrogen-bond acceptors (Lipinski definition) is 3. The number of benzene rings is 1. The zero-order chi connectivity index (χ0) is 17.9. The lowest BCUT2D eigenvalue weighted by Crippen LogP contribution is -2.46. The zero-order valence-electron chi connectivity index (χ0n) is 13.7. The molecule has 4 nitrogen and oxygen atoms in total. The van der Waals surface area contributed by atoms with E-state index in [1.807, 2.05) is 15.7 Å². The van der Waals surface area contributed by atoms with E-state index in [2.05, 4.69) is 9.88 Å². The topological polar surface area (TPSA) is 24.3 Å². The molecule has 2 heterocycles. The number of halogens is 4. The molecule has 1 aromatic carbocycles. The first-order chi connectivity index (χ1) is 11.9. The number of aromatic nitrogens is 2. The van der Waals surface area contributed by atoms with Crippen molar-refractivity contribution in [1.82, 2.24) is 14.5 Å². The number of rotatable bonds is 5. The van der Waals surface area contributed by atoms with E-state index in [0.717, 1.165) is 38.7 Å². The molecule has 1 aliphatic heterocycles. The Bertz CT molecular complexity index is 680. The number of imidazole rings is 1. The molecule has 0 unspecified atom stereocenters. The summed E-state index contributed by atoms with van der Waals surface area (Å²) in [7, 11) is 0. The second-order valence-electron chi connectivity index (χ2n) is 6.14. The number of aryl methyl sites for hydroxylation is 1. The Balaban J connectivity index is 1.52. The van der Waals surface area contributed by atoms with Crippen molar-refractivity contribution in [2.24, 2.45) is 0 Å². The van der Waals surface area contributed by atoms with Gasteiger partial charge in [-0.15, -0.1) is 0 Å². The molecule has 8 heteroatoms. The zero-order valence-corrected chi connectivity index (χ0v) is 14.5. The van der Waals surface area contributed by atoms with Gasteiger partial charge in [-0.3, -0.25) is 4.90 Å². The quantitative estimate of drug-likeness (QED) is 0.798. The second-order valence-corrected chi connectivity index (χ2v) is 6.55. The van der Waals surface area contributed by atoms with E-state index in [4.69, 9.17) is 11.6 Å². The minimum absolute atomic E-state index is 0.255. The third-order valence-electron chi connectivity index (χ3n) is 4.44. The number of nitrogens with zero attached hydrogens (tertiary/aromatic N) is 4. The highest BCUT2D eigenvalue weighted by molar-refractivity contribution is 6.31. The number of hydrogen-bond donors (Lipinski definition) is 0. The van der Waals surface area contributed by atoms with Crippen LogP contribution in [-0.4, -0.2) is 47.2 Å². The summed E-state index contributed by atoms with van der Waals surface area (Å²) in [6, 6.07) is 4.14. The molecule has 1 saturated heterocycles. The normalized spacial score (nSPS) is 16.4. The summed E-state index contributed by atoms with van der Waals surface area (Å²) in [4.78, 5) is 8.34. The smallest absolute Gasteiger partial charge is 0.369 e. The summed E-state index contributed by atoms with van der Waals surface area (Å²) in [5.74, 6) is 0. The maximum Gasteiger partial charge on any atom is 0.417 e. The molecule has 1 fully saturated rings. The molecule has 25 heavy (non-hydrogen) atoms. The third-order valence-corrected chi connectivity index (χ3v) is 4.77. The molecule has 2 aromatic rings. The average Bonchev–Trinajstić information content (AvgIpc) is 3.08. The standard InChI is InChI=1S/C17H20ClF3N4/c18-16-3-2-14(12-15(16)17(19,20)21)25-10-8-23(9-11-25)5-1-6-24-7-4-22-13-24/h2-4,7,12-13H,1,5-6,8-11H2. The third kappa shape index (κ3) is 4.67. The first kappa shape index (κ1) is 18.1. The van der Waals surface area contributed by atoms with E-state index in [-0.39, 0.29) is 5.02 Å². The predicted octanol–water partition coefficient (Wildman–Crippen LogP) is 3.77. The van der Waals surface area contributed by atoms with Gasteiger partial charge in [0.15, 0.2) is 0 Å². The lowest BCUT2D eigenvalue weighted by Gasteiger charge is -2.36. The van der Waals surface area contributed by atoms with Gasteiger partial charge in [-0.25, -0.2) is 4.98 Å². The number of alkyl halides is 3.